The van der Waals surface area contributed by atoms with Gasteiger partial charge in [0.15, 0.2) is 5.82 Å². The number of nitrogen functional groups attached to an aromatic ring is 1. The van der Waals surface area contributed by atoms with Crippen LogP contribution in [0.1, 0.15) is 0 Å². The smallest absolute Gasteiger partial charge is 0.153 e. The molecule has 2 heterocycles. The van der Waals surface area contributed by atoms with E-state index >= 15 is 0 Å². The molecule has 0 atom stereocenters. The predicted molar refractivity (Wildman–Crippen MR) is 76.7 cm³/mol. The maximum absolute atomic E-state index is 6.23. The quantitative estimate of drug-likeness (QED) is 0.750. The lowest BCUT2D eigenvalue weighted by atomic mass is 10.0. The largest absolute Gasteiger partial charge is 0.382 e. The minimum Gasteiger partial charge on any atom is -0.382 e. The van der Waals surface area contributed by atoms with E-state index < -0.39 is 0 Å². The van der Waals surface area contributed by atoms with Crippen LogP contribution in [-0.4, -0.2) is 15.2 Å². The van der Waals surface area contributed by atoms with E-state index in [0.717, 1.165) is 22.4 Å². The number of rotatable bonds is 2. The van der Waals surface area contributed by atoms with Crippen molar-refractivity contribution in [3.8, 4) is 22.4 Å². The highest BCUT2D eigenvalue weighted by Gasteiger charge is 2.16. The molecular weight excluding hydrogens is 260 g/mol. The second kappa shape index (κ2) is 4.74. The molecule has 0 spiro atoms. The van der Waals surface area contributed by atoms with E-state index in [2.05, 4.69) is 15.2 Å². The summed E-state index contributed by atoms with van der Waals surface area (Å²) in [7, 11) is 0. The van der Waals surface area contributed by atoms with Crippen LogP contribution in [0.4, 0.5) is 5.82 Å². The van der Waals surface area contributed by atoms with Gasteiger partial charge in [-0.1, -0.05) is 29.8 Å². The summed E-state index contributed by atoms with van der Waals surface area (Å²) in [4.78, 5) is 4.11. The summed E-state index contributed by atoms with van der Waals surface area (Å²) in [5, 5.41) is 7.66. The third-order valence-corrected chi connectivity index (χ3v) is 3.22. The number of anilines is 1. The average Bonchev–Trinajstić information content (AvgIpc) is 2.82. The van der Waals surface area contributed by atoms with Crippen LogP contribution in [0.5, 0.6) is 0 Å². The number of nitrogens with zero attached hydrogens (tertiary/aromatic N) is 2. The van der Waals surface area contributed by atoms with Crippen molar-refractivity contribution in [2.45, 2.75) is 0 Å². The molecule has 94 valence electrons. The predicted octanol–water partition coefficient (Wildman–Crippen LogP) is 3.37. The fourth-order valence-corrected chi connectivity index (χ4v) is 2.24. The number of hydrogen-bond donors (Lipinski definition) is 2. The molecule has 0 fully saturated rings. The zero-order valence-electron chi connectivity index (χ0n) is 9.97. The van der Waals surface area contributed by atoms with Crippen molar-refractivity contribution in [2.24, 2.45) is 0 Å². The molecule has 0 amide bonds. The first-order valence-electron chi connectivity index (χ1n) is 5.76. The maximum Gasteiger partial charge on any atom is 0.153 e. The summed E-state index contributed by atoms with van der Waals surface area (Å²) >= 11 is 6.23. The van der Waals surface area contributed by atoms with E-state index in [0.29, 0.717) is 10.8 Å². The maximum atomic E-state index is 6.23. The van der Waals surface area contributed by atoms with Gasteiger partial charge in [-0.3, -0.25) is 10.1 Å². The van der Waals surface area contributed by atoms with Crippen LogP contribution < -0.4 is 5.73 Å². The summed E-state index contributed by atoms with van der Waals surface area (Å²) in [6, 6.07) is 11.4. The minimum atomic E-state index is 0.423. The highest BCUT2D eigenvalue weighted by molar-refractivity contribution is 6.33. The van der Waals surface area contributed by atoms with Crippen LogP contribution in [0.3, 0.4) is 0 Å². The molecule has 3 N–H and O–H groups in total. The van der Waals surface area contributed by atoms with Gasteiger partial charge in [-0.05, 0) is 18.2 Å². The van der Waals surface area contributed by atoms with Gasteiger partial charge in [-0.15, -0.1) is 0 Å². The molecule has 0 aliphatic rings. The Morgan fingerprint density at radius 3 is 2.68 bits per heavy atom. The fraction of sp³-hybridized carbons (Fsp3) is 0. The topological polar surface area (TPSA) is 67.6 Å². The fourth-order valence-electron chi connectivity index (χ4n) is 2.01. The van der Waals surface area contributed by atoms with Gasteiger partial charge >= 0.3 is 0 Å². The molecule has 0 saturated heterocycles. The number of nitrogens with two attached hydrogens (primary N) is 1. The Balaban J connectivity index is 2.23. The average molecular weight is 271 g/mol. The van der Waals surface area contributed by atoms with Gasteiger partial charge in [0.1, 0.15) is 0 Å². The minimum absolute atomic E-state index is 0.423. The lowest BCUT2D eigenvalue weighted by Crippen LogP contribution is -1.89. The van der Waals surface area contributed by atoms with Crippen LogP contribution in [-0.2, 0) is 0 Å². The standard InChI is InChI=1S/C14H11ClN4/c15-11-6-2-1-5-10(11)12-13(18-19-14(12)16)9-4-3-7-17-8-9/h1-8H,(H3,16,18,19). The molecule has 3 aromatic rings. The summed E-state index contributed by atoms with van der Waals surface area (Å²) in [6.07, 6.45) is 3.48. The summed E-state index contributed by atoms with van der Waals surface area (Å²) < 4.78 is 0. The number of hydrogen-bond acceptors (Lipinski definition) is 3. The van der Waals surface area contributed by atoms with Gasteiger partial charge in [-0.2, -0.15) is 5.10 Å². The normalized spacial score (nSPS) is 10.6. The molecule has 4 nitrogen and oxygen atoms in total. The van der Waals surface area contributed by atoms with Gasteiger partial charge in [-0.25, -0.2) is 0 Å². The highest BCUT2D eigenvalue weighted by atomic mass is 35.5. The Morgan fingerprint density at radius 1 is 1.11 bits per heavy atom. The van der Waals surface area contributed by atoms with Crippen molar-refractivity contribution in [3.05, 3.63) is 53.8 Å². The molecule has 0 aliphatic heterocycles. The van der Waals surface area contributed by atoms with E-state index in [1.54, 1.807) is 12.4 Å². The molecular formula is C14H11ClN4. The zero-order chi connectivity index (χ0) is 13.2. The summed E-state index contributed by atoms with van der Waals surface area (Å²) in [6.45, 7) is 0. The van der Waals surface area contributed by atoms with Crippen LogP contribution in [0.15, 0.2) is 48.8 Å². The molecule has 0 saturated carbocycles. The molecule has 0 bridgehead atoms. The lowest BCUT2D eigenvalue weighted by molar-refractivity contribution is 1.10. The van der Waals surface area contributed by atoms with Crippen molar-refractivity contribution < 1.29 is 0 Å². The van der Waals surface area contributed by atoms with E-state index in [-0.39, 0.29) is 0 Å². The molecule has 19 heavy (non-hydrogen) atoms. The molecule has 2 aromatic heterocycles. The van der Waals surface area contributed by atoms with Crippen molar-refractivity contribution >= 4 is 17.4 Å². The van der Waals surface area contributed by atoms with Crippen LogP contribution >= 0.6 is 11.6 Å². The third-order valence-electron chi connectivity index (χ3n) is 2.89. The molecule has 3 rings (SSSR count). The van der Waals surface area contributed by atoms with Crippen molar-refractivity contribution in [3.63, 3.8) is 0 Å². The number of halogens is 1. The summed E-state index contributed by atoms with van der Waals surface area (Å²) in [5.74, 6) is 0.423. The summed E-state index contributed by atoms with van der Waals surface area (Å²) in [5.41, 5.74) is 9.35. The number of nitrogens with one attached hydrogen (secondary N) is 1. The lowest BCUT2D eigenvalue weighted by Gasteiger charge is -2.06. The highest BCUT2D eigenvalue weighted by Crippen LogP contribution is 2.37. The second-order valence-electron chi connectivity index (χ2n) is 4.08. The van der Waals surface area contributed by atoms with E-state index in [1.807, 2.05) is 36.4 Å². The van der Waals surface area contributed by atoms with Crippen LogP contribution in [0.25, 0.3) is 22.4 Å². The Kier molecular flexibility index (Phi) is 2.93. The molecule has 0 aliphatic carbocycles. The Labute approximate surface area is 115 Å². The van der Waals surface area contributed by atoms with E-state index in [4.69, 9.17) is 17.3 Å². The third kappa shape index (κ3) is 2.06. The number of H-pyrrole nitrogens is 1. The monoisotopic (exact) mass is 270 g/mol. The van der Waals surface area contributed by atoms with Gasteiger partial charge < -0.3 is 5.73 Å². The Morgan fingerprint density at radius 2 is 1.95 bits per heavy atom. The first kappa shape index (κ1) is 11.7. The Hall–Kier alpha value is -2.33. The number of pyridine rings is 1. The van der Waals surface area contributed by atoms with Crippen LogP contribution in [0.2, 0.25) is 5.02 Å². The zero-order valence-corrected chi connectivity index (χ0v) is 10.7. The number of aromatic nitrogens is 3. The molecule has 0 unspecified atom stereocenters. The Bertz CT molecular complexity index is 706. The van der Waals surface area contributed by atoms with Crippen molar-refractivity contribution in [1.82, 2.24) is 15.2 Å². The van der Waals surface area contributed by atoms with Crippen molar-refractivity contribution in [2.75, 3.05) is 5.73 Å². The molecule has 5 heteroatoms. The van der Waals surface area contributed by atoms with E-state index in [1.165, 1.54) is 0 Å². The van der Waals surface area contributed by atoms with Gasteiger partial charge in [0.05, 0.1) is 11.3 Å². The number of aromatic amines is 1. The van der Waals surface area contributed by atoms with Gasteiger partial charge in [0.25, 0.3) is 0 Å². The second-order valence-corrected chi connectivity index (χ2v) is 4.49. The first-order chi connectivity index (χ1) is 9.27. The van der Waals surface area contributed by atoms with Crippen LogP contribution in [0, 0.1) is 0 Å². The van der Waals surface area contributed by atoms with Gasteiger partial charge in [0, 0.05) is 28.5 Å². The van der Waals surface area contributed by atoms with Crippen molar-refractivity contribution in [1.29, 1.82) is 0 Å². The van der Waals surface area contributed by atoms with Gasteiger partial charge in [0.2, 0.25) is 0 Å². The first-order valence-corrected chi connectivity index (χ1v) is 6.14. The number of benzene rings is 1. The molecule has 0 radical (unpaired) electrons. The SMILES string of the molecule is Nc1n[nH]c(-c2cccnc2)c1-c1ccccc1Cl. The van der Waals surface area contributed by atoms with E-state index in [9.17, 15) is 0 Å². The molecule has 1 aromatic carbocycles.